The molecular formula is C15H11F6NO. The second kappa shape index (κ2) is 5.68. The minimum absolute atomic E-state index is 0.176. The molecule has 0 aliphatic carbocycles. The van der Waals surface area contributed by atoms with E-state index in [2.05, 4.69) is 0 Å². The minimum Gasteiger partial charge on any atom is -0.456 e. The van der Waals surface area contributed by atoms with Crippen molar-refractivity contribution in [1.82, 2.24) is 0 Å². The molecule has 2 N–H and O–H groups in total. The van der Waals surface area contributed by atoms with E-state index in [1.165, 1.54) is 13.0 Å². The first-order valence-electron chi connectivity index (χ1n) is 6.31. The summed E-state index contributed by atoms with van der Waals surface area (Å²) < 4.78 is 82.8. The van der Waals surface area contributed by atoms with Crippen LogP contribution >= 0.6 is 0 Å². The molecule has 0 radical (unpaired) electrons. The lowest BCUT2D eigenvalue weighted by atomic mass is 10.1. The number of rotatable bonds is 2. The smallest absolute Gasteiger partial charge is 0.420 e. The van der Waals surface area contributed by atoms with Crippen molar-refractivity contribution in [2.75, 3.05) is 5.73 Å². The Balaban J connectivity index is 2.53. The van der Waals surface area contributed by atoms with Gasteiger partial charge in [-0.1, -0.05) is 11.6 Å². The Labute approximate surface area is 127 Å². The van der Waals surface area contributed by atoms with E-state index in [1.54, 1.807) is 0 Å². The van der Waals surface area contributed by atoms with Crippen LogP contribution in [0.1, 0.15) is 16.7 Å². The van der Waals surface area contributed by atoms with Crippen LogP contribution in [0.25, 0.3) is 0 Å². The van der Waals surface area contributed by atoms with Crippen molar-refractivity contribution in [3.63, 3.8) is 0 Å². The van der Waals surface area contributed by atoms with Gasteiger partial charge in [-0.25, -0.2) is 0 Å². The van der Waals surface area contributed by atoms with E-state index in [1.807, 2.05) is 0 Å². The molecule has 0 spiro atoms. The maximum atomic E-state index is 13.0. The van der Waals surface area contributed by atoms with Gasteiger partial charge in [-0.15, -0.1) is 0 Å². The molecule has 0 unspecified atom stereocenters. The van der Waals surface area contributed by atoms with Crippen LogP contribution in [-0.4, -0.2) is 0 Å². The summed E-state index contributed by atoms with van der Waals surface area (Å²) in [4.78, 5) is 0. The van der Waals surface area contributed by atoms with Crippen LogP contribution in [0.2, 0.25) is 0 Å². The Hall–Kier alpha value is -2.38. The number of nitrogen functional groups attached to an aromatic ring is 1. The van der Waals surface area contributed by atoms with Crippen molar-refractivity contribution in [3.05, 3.63) is 53.1 Å². The van der Waals surface area contributed by atoms with E-state index < -0.39 is 35.0 Å². The lowest BCUT2D eigenvalue weighted by Gasteiger charge is -2.17. The zero-order valence-corrected chi connectivity index (χ0v) is 11.7. The van der Waals surface area contributed by atoms with Crippen molar-refractivity contribution in [1.29, 1.82) is 0 Å². The summed E-state index contributed by atoms with van der Waals surface area (Å²) >= 11 is 0. The molecule has 0 heterocycles. The van der Waals surface area contributed by atoms with Crippen LogP contribution in [0.5, 0.6) is 11.5 Å². The summed E-state index contributed by atoms with van der Waals surface area (Å²) in [5, 5.41) is 0. The largest absolute Gasteiger partial charge is 0.456 e. The fourth-order valence-corrected chi connectivity index (χ4v) is 1.93. The average molecular weight is 335 g/mol. The summed E-state index contributed by atoms with van der Waals surface area (Å²) in [5.41, 5.74) is 3.03. The molecule has 0 saturated heterocycles. The van der Waals surface area contributed by atoms with Gasteiger partial charge in [0.25, 0.3) is 0 Å². The van der Waals surface area contributed by atoms with E-state index in [0.717, 1.165) is 24.3 Å². The molecule has 8 heteroatoms. The van der Waals surface area contributed by atoms with Crippen molar-refractivity contribution in [3.8, 4) is 11.5 Å². The standard InChI is InChI=1S/C15H11F6NO/c1-8-2-4-12(10(6-8)14(16,17)18)23-13-5-3-9(22)7-11(13)15(19,20)21/h2-7H,22H2,1H3. The Morgan fingerprint density at radius 3 is 1.78 bits per heavy atom. The third-order valence-corrected chi connectivity index (χ3v) is 2.97. The average Bonchev–Trinajstić information content (AvgIpc) is 2.40. The molecule has 2 aromatic carbocycles. The van der Waals surface area contributed by atoms with Crippen molar-refractivity contribution >= 4 is 5.69 Å². The number of alkyl halides is 6. The monoisotopic (exact) mass is 335 g/mol. The van der Waals surface area contributed by atoms with Crippen LogP contribution in [0.3, 0.4) is 0 Å². The zero-order valence-electron chi connectivity index (χ0n) is 11.7. The normalized spacial score (nSPS) is 12.3. The highest BCUT2D eigenvalue weighted by atomic mass is 19.4. The highest BCUT2D eigenvalue weighted by Gasteiger charge is 2.37. The highest BCUT2D eigenvalue weighted by Crippen LogP contribution is 2.43. The molecule has 0 fully saturated rings. The van der Waals surface area contributed by atoms with Gasteiger partial charge in [0.15, 0.2) is 0 Å². The number of aryl methyl sites for hydroxylation is 1. The summed E-state index contributed by atoms with van der Waals surface area (Å²) in [5.74, 6) is -1.46. The first kappa shape index (κ1) is 17.0. The van der Waals surface area contributed by atoms with Crippen molar-refractivity contribution in [2.45, 2.75) is 19.3 Å². The predicted molar refractivity (Wildman–Crippen MR) is 72.1 cm³/mol. The summed E-state index contributed by atoms with van der Waals surface area (Å²) in [7, 11) is 0. The van der Waals surface area contributed by atoms with Gasteiger partial charge in [0.1, 0.15) is 17.1 Å². The SMILES string of the molecule is Cc1ccc(Oc2ccc(N)cc2C(F)(F)F)c(C(F)(F)F)c1. The van der Waals surface area contributed by atoms with Gasteiger partial charge in [-0.3, -0.25) is 0 Å². The lowest BCUT2D eigenvalue weighted by molar-refractivity contribution is -0.139. The van der Waals surface area contributed by atoms with Crippen LogP contribution < -0.4 is 10.5 Å². The topological polar surface area (TPSA) is 35.2 Å². The molecule has 2 rings (SSSR count). The minimum atomic E-state index is -4.81. The number of nitrogens with two attached hydrogens (primary N) is 1. The molecule has 0 saturated carbocycles. The molecular weight excluding hydrogens is 324 g/mol. The van der Waals surface area contributed by atoms with E-state index in [0.29, 0.717) is 11.6 Å². The second-order valence-corrected chi connectivity index (χ2v) is 4.85. The molecule has 0 amide bonds. The van der Waals surface area contributed by atoms with E-state index >= 15 is 0 Å². The Kier molecular flexibility index (Phi) is 4.19. The Morgan fingerprint density at radius 1 is 0.783 bits per heavy atom. The molecule has 2 aromatic rings. The number of hydrogen-bond acceptors (Lipinski definition) is 2. The van der Waals surface area contributed by atoms with Crippen molar-refractivity contribution < 1.29 is 31.1 Å². The first-order chi connectivity index (χ1) is 10.5. The van der Waals surface area contributed by atoms with Crippen LogP contribution in [0, 0.1) is 6.92 Å². The number of benzene rings is 2. The number of halogens is 6. The predicted octanol–water partition coefficient (Wildman–Crippen LogP) is 5.41. The number of ether oxygens (including phenoxy) is 1. The van der Waals surface area contributed by atoms with Gasteiger partial charge >= 0.3 is 12.4 Å². The van der Waals surface area contributed by atoms with Crippen LogP contribution in [0.15, 0.2) is 36.4 Å². The third-order valence-electron chi connectivity index (χ3n) is 2.97. The van der Waals surface area contributed by atoms with Gasteiger partial charge in [0, 0.05) is 5.69 Å². The third kappa shape index (κ3) is 3.88. The van der Waals surface area contributed by atoms with E-state index in [4.69, 9.17) is 10.5 Å². The molecule has 23 heavy (non-hydrogen) atoms. The maximum Gasteiger partial charge on any atom is 0.420 e. The van der Waals surface area contributed by atoms with Gasteiger partial charge in [0.05, 0.1) is 5.56 Å². The second-order valence-electron chi connectivity index (χ2n) is 4.85. The molecule has 0 aromatic heterocycles. The summed E-state index contributed by atoms with van der Waals surface area (Å²) in [6, 6.07) is 5.71. The molecule has 0 bridgehead atoms. The first-order valence-corrected chi connectivity index (χ1v) is 6.31. The molecule has 0 aliphatic heterocycles. The maximum absolute atomic E-state index is 13.0. The zero-order chi connectivity index (χ0) is 17.4. The van der Waals surface area contributed by atoms with Crippen LogP contribution in [-0.2, 0) is 12.4 Å². The van der Waals surface area contributed by atoms with E-state index in [9.17, 15) is 26.3 Å². The van der Waals surface area contributed by atoms with Gasteiger partial charge in [-0.2, -0.15) is 26.3 Å². The fraction of sp³-hybridized carbons (Fsp3) is 0.200. The van der Waals surface area contributed by atoms with Crippen molar-refractivity contribution in [2.24, 2.45) is 0 Å². The molecule has 2 nitrogen and oxygen atoms in total. The summed E-state index contributed by atoms with van der Waals surface area (Å²) in [6.07, 6.45) is -9.57. The number of hydrogen-bond donors (Lipinski definition) is 1. The van der Waals surface area contributed by atoms with Gasteiger partial charge < -0.3 is 10.5 Å². The van der Waals surface area contributed by atoms with Gasteiger partial charge in [-0.05, 0) is 37.3 Å². The Bertz CT molecular complexity index is 659. The fourth-order valence-electron chi connectivity index (χ4n) is 1.93. The molecule has 0 aliphatic rings. The lowest BCUT2D eigenvalue weighted by Crippen LogP contribution is -2.10. The van der Waals surface area contributed by atoms with E-state index in [-0.39, 0.29) is 5.69 Å². The Morgan fingerprint density at radius 2 is 1.26 bits per heavy atom. The number of anilines is 1. The quantitative estimate of drug-likeness (QED) is 0.588. The molecule has 124 valence electrons. The summed E-state index contributed by atoms with van der Waals surface area (Å²) in [6.45, 7) is 1.43. The highest BCUT2D eigenvalue weighted by molar-refractivity contribution is 5.51. The van der Waals surface area contributed by atoms with Gasteiger partial charge in [0.2, 0.25) is 0 Å². The van der Waals surface area contributed by atoms with Crippen LogP contribution in [0.4, 0.5) is 32.0 Å². The molecule has 0 atom stereocenters.